The van der Waals surface area contributed by atoms with Crippen molar-refractivity contribution in [3.8, 4) is 0 Å². The van der Waals surface area contributed by atoms with Crippen LogP contribution in [0.2, 0.25) is 0 Å². The van der Waals surface area contributed by atoms with E-state index in [0.717, 1.165) is 25.7 Å². The highest BCUT2D eigenvalue weighted by atomic mass is 16.3. The molecule has 2 rings (SSSR count). The predicted molar refractivity (Wildman–Crippen MR) is 63.0 cm³/mol. The van der Waals surface area contributed by atoms with Gasteiger partial charge in [0.1, 0.15) is 0 Å². The summed E-state index contributed by atoms with van der Waals surface area (Å²) in [5.74, 6) is -0.0285. The number of piperidine rings is 1. The molecule has 2 fully saturated rings. The van der Waals surface area contributed by atoms with E-state index in [0.29, 0.717) is 6.54 Å². The van der Waals surface area contributed by atoms with Crippen LogP contribution in [0, 0.1) is 17.3 Å². The van der Waals surface area contributed by atoms with Crippen molar-refractivity contribution in [1.29, 1.82) is 0 Å². The predicted octanol–water partition coefficient (Wildman–Crippen LogP) is 1.18. The zero-order valence-electron chi connectivity index (χ0n) is 10.6. The van der Waals surface area contributed by atoms with E-state index in [2.05, 4.69) is 0 Å². The van der Waals surface area contributed by atoms with E-state index in [1.165, 1.54) is 4.90 Å². The first kappa shape index (κ1) is 12.6. The van der Waals surface area contributed by atoms with Gasteiger partial charge >= 0.3 is 0 Å². The summed E-state index contributed by atoms with van der Waals surface area (Å²) < 4.78 is 0. The van der Waals surface area contributed by atoms with Gasteiger partial charge in [-0.2, -0.15) is 0 Å². The molecule has 1 N–H and O–H groups in total. The Labute approximate surface area is 102 Å². The zero-order valence-corrected chi connectivity index (χ0v) is 10.6. The van der Waals surface area contributed by atoms with Crippen molar-refractivity contribution in [2.45, 2.75) is 39.5 Å². The summed E-state index contributed by atoms with van der Waals surface area (Å²) in [6.07, 6.45) is 3.60. The summed E-state index contributed by atoms with van der Waals surface area (Å²) in [7, 11) is 0. The number of unbranched alkanes of at least 4 members (excludes halogenated alkanes) is 3. The summed E-state index contributed by atoms with van der Waals surface area (Å²) in [6.45, 7) is 4.78. The van der Waals surface area contributed by atoms with Crippen molar-refractivity contribution in [2.75, 3.05) is 13.2 Å². The van der Waals surface area contributed by atoms with Crippen molar-refractivity contribution in [3.05, 3.63) is 0 Å². The maximum atomic E-state index is 12.0. The molecule has 4 heteroatoms. The van der Waals surface area contributed by atoms with Crippen LogP contribution in [0.1, 0.15) is 39.5 Å². The molecule has 96 valence electrons. The van der Waals surface area contributed by atoms with Crippen LogP contribution in [0.4, 0.5) is 0 Å². The quantitative estimate of drug-likeness (QED) is 0.559. The van der Waals surface area contributed by atoms with E-state index in [4.69, 9.17) is 5.11 Å². The van der Waals surface area contributed by atoms with E-state index in [1.807, 2.05) is 13.8 Å². The summed E-state index contributed by atoms with van der Waals surface area (Å²) >= 11 is 0. The minimum absolute atomic E-state index is 0.0344. The Morgan fingerprint density at radius 3 is 2.12 bits per heavy atom. The number of carbonyl (C=O) groups excluding carboxylic acids is 2. The van der Waals surface area contributed by atoms with Gasteiger partial charge in [0, 0.05) is 13.2 Å². The number of fused-ring (bicyclic) bond motifs is 1. The van der Waals surface area contributed by atoms with Gasteiger partial charge in [-0.15, -0.1) is 0 Å². The Balaban J connectivity index is 1.77. The Bertz CT molecular complexity index is 314. The van der Waals surface area contributed by atoms with E-state index < -0.39 is 0 Å². The molecule has 0 bridgehead atoms. The molecule has 2 unspecified atom stereocenters. The molecule has 0 aromatic carbocycles. The molecule has 0 aromatic rings. The van der Waals surface area contributed by atoms with Crippen LogP contribution >= 0.6 is 0 Å². The molecule has 1 saturated carbocycles. The maximum absolute atomic E-state index is 12.0. The number of imide groups is 1. The lowest BCUT2D eigenvalue weighted by atomic mass is 10.1. The number of aliphatic hydroxyl groups is 1. The van der Waals surface area contributed by atoms with E-state index in [9.17, 15) is 9.59 Å². The molecule has 1 saturated heterocycles. The molecule has 1 aliphatic heterocycles. The highest BCUT2D eigenvalue weighted by molar-refractivity contribution is 6.10. The Kier molecular flexibility index (Phi) is 3.25. The number of aliphatic hydroxyl groups excluding tert-OH is 1. The second kappa shape index (κ2) is 4.41. The van der Waals surface area contributed by atoms with Gasteiger partial charge in [0.25, 0.3) is 0 Å². The van der Waals surface area contributed by atoms with Gasteiger partial charge in [0.2, 0.25) is 11.8 Å². The molecule has 0 radical (unpaired) electrons. The molecule has 1 heterocycles. The highest BCUT2D eigenvalue weighted by Gasteiger charge is 2.72. The smallest absolute Gasteiger partial charge is 0.233 e. The Hall–Kier alpha value is -0.900. The molecular formula is C13H21NO3. The third-order valence-electron chi connectivity index (χ3n) is 4.18. The van der Waals surface area contributed by atoms with Crippen LogP contribution < -0.4 is 0 Å². The number of likely N-dealkylation sites (tertiary alicyclic amines) is 1. The molecule has 2 amide bonds. The molecule has 0 aromatic heterocycles. The van der Waals surface area contributed by atoms with Crippen LogP contribution in [0.3, 0.4) is 0 Å². The lowest BCUT2D eigenvalue weighted by Crippen LogP contribution is -2.36. The zero-order chi connectivity index (χ0) is 12.6. The number of carbonyl (C=O) groups is 2. The average molecular weight is 239 g/mol. The summed E-state index contributed by atoms with van der Waals surface area (Å²) in [5.41, 5.74) is -0.0957. The van der Waals surface area contributed by atoms with Gasteiger partial charge < -0.3 is 5.11 Å². The van der Waals surface area contributed by atoms with Crippen molar-refractivity contribution < 1.29 is 14.7 Å². The number of nitrogens with zero attached hydrogens (tertiary/aromatic N) is 1. The van der Waals surface area contributed by atoms with Gasteiger partial charge in [0.05, 0.1) is 11.8 Å². The van der Waals surface area contributed by atoms with Gasteiger partial charge in [0.15, 0.2) is 0 Å². The third-order valence-corrected chi connectivity index (χ3v) is 4.18. The average Bonchev–Trinajstić information content (AvgIpc) is 2.74. The molecule has 1 aliphatic carbocycles. The summed E-state index contributed by atoms with van der Waals surface area (Å²) in [5, 5.41) is 8.64. The first-order valence-electron chi connectivity index (χ1n) is 6.48. The van der Waals surface area contributed by atoms with Gasteiger partial charge in [-0.3, -0.25) is 14.5 Å². The van der Waals surface area contributed by atoms with Crippen molar-refractivity contribution >= 4 is 11.8 Å². The fourth-order valence-corrected chi connectivity index (χ4v) is 2.96. The summed E-state index contributed by atoms with van der Waals surface area (Å²) in [4.78, 5) is 25.4. The lowest BCUT2D eigenvalue weighted by Gasteiger charge is -2.20. The number of hydrogen-bond acceptors (Lipinski definition) is 3. The molecule has 2 aliphatic rings. The van der Waals surface area contributed by atoms with Gasteiger partial charge in [-0.1, -0.05) is 26.7 Å². The molecule has 2 atom stereocenters. The van der Waals surface area contributed by atoms with E-state index >= 15 is 0 Å². The maximum Gasteiger partial charge on any atom is 0.233 e. The monoisotopic (exact) mass is 239 g/mol. The van der Waals surface area contributed by atoms with E-state index in [1.54, 1.807) is 0 Å². The number of hydrogen-bond donors (Lipinski definition) is 1. The molecular weight excluding hydrogens is 218 g/mol. The number of rotatable bonds is 6. The van der Waals surface area contributed by atoms with Crippen LogP contribution in [0.15, 0.2) is 0 Å². The number of amides is 2. The third kappa shape index (κ3) is 1.99. The first-order valence-corrected chi connectivity index (χ1v) is 6.48. The van der Waals surface area contributed by atoms with Crippen molar-refractivity contribution in [2.24, 2.45) is 17.3 Å². The molecule has 17 heavy (non-hydrogen) atoms. The molecule has 4 nitrogen and oxygen atoms in total. The second-order valence-electron chi connectivity index (χ2n) is 5.74. The fraction of sp³-hybridized carbons (Fsp3) is 0.846. The first-order chi connectivity index (χ1) is 8.01. The van der Waals surface area contributed by atoms with E-state index in [-0.39, 0.29) is 35.7 Å². The topological polar surface area (TPSA) is 57.6 Å². The Morgan fingerprint density at radius 2 is 1.59 bits per heavy atom. The SMILES string of the molecule is CC1(C)C2C(=O)N(CCCCCCO)C(=O)C21. The largest absolute Gasteiger partial charge is 0.396 e. The standard InChI is InChI=1S/C13H21NO3/c1-13(2)9-10(13)12(17)14(11(9)16)7-5-3-4-6-8-15/h9-10,15H,3-8H2,1-2H3. The Morgan fingerprint density at radius 1 is 1.06 bits per heavy atom. The minimum atomic E-state index is -0.0957. The second-order valence-corrected chi connectivity index (χ2v) is 5.74. The van der Waals surface area contributed by atoms with Crippen molar-refractivity contribution in [3.63, 3.8) is 0 Å². The van der Waals surface area contributed by atoms with Crippen LogP contribution in [-0.2, 0) is 9.59 Å². The van der Waals surface area contributed by atoms with Crippen LogP contribution in [0.25, 0.3) is 0 Å². The normalized spacial score (nSPS) is 29.7. The van der Waals surface area contributed by atoms with Crippen LogP contribution in [-0.4, -0.2) is 35.0 Å². The fourth-order valence-electron chi connectivity index (χ4n) is 2.96. The van der Waals surface area contributed by atoms with Crippen LogP contribution in [0.5, 0.6) is 0 Å². The van der Waals surface area contributed by atoms with Gasteiger partial charge in [-0.05, 0) is 18.3 Å². The lowest BCUT2D eigenvalue weighted by molar-refractivity contribution is -0.143. The van der Waals surface area contributed by atoms with Gasteiger partial charge in [-0.25, -0.2) is 0 Å². The highest BCUT2D eigenvalue weighted by Crippen LogP contribution is 2.63. The molecule has 0 spiro atoms. The minimum Gasteiger partial charge on any atom is -0.396 e. The summed E-state index contributed by atoms with van der Waals surface area (Å²) in [6, 6.07) is 0. The van der Waals surface area contributed by atoms with Crippen molar-refractivity contribution in [1.82, 2.24) is 4.90 Å².